The number of aliphatic hydroxyl groups excluding tert-OH is 1. The lowest BCUT2D eigenvalue weighted by Crippen LogP contribution is -2.09. The van der Waals surface area contributed by atoms with Crippen molar-refractivity contribution in [3.8, 4) is 0 Å². The first-order chi connectivity index (χ1) is 9.99. The highest BCUT2D eigenvalue weighted by Crippen LogP contribution is 2.21. The van der Waals surface area contributed by atoms with Crippen LogP contribution in [-0.2, 0) is 16.0 Å². The van der Waals surface area contributed by atoms with E-state index in [9.17, 15) is 19.1 Å². The van der Waals surface area contributed by atoms with Crippen LogP contribution in [0.4, 0.5) is 4.39 Å². The van der Waals surface area contributed by atoms with Gasteiger partial charge in [-0.15, -0.1) is 0 Å². The standard InChI is InChI=1S/C15H12FNO4/c16-12-4-2-1-3-9(12)5-10-7-17-8-11(10)13(18)6-14(19)15(20)21/h1-4,6-8,17-18H,5H2,(H,20,21). The molecule has 6 heteroatoms. The fraction of sp³-hybridized carbons (Fsp3) is 0.0667. The van der Waals surface area contributed by atoms with Crippen LogP contribution >= 0.6 is 0 Å². The first-order valence-corrected chi connectivity index (χ1v) is 6.06. The molecule has 0 saturated carbocycles. The van der Waals surface area contributed by atoms with E-state index >= 15 is 0 Å². The molecule has 0 bridgehead atoms. The molecule has 21 heavy (non-hydrogen) atoms. The number of aromatic nitrogens is 1. The monoisotopic (exact) mass is 289 g/mol. The fourth-order valence-electron chi connectivity index (χ4n) is 1.89. The molecule has 3 N–H and O–H groups in total. The molecule has 0 radical (unpaired) electrons. The third-order valence-corrected chi connectivity index (χ3v) is 2.92. The number of ketones is 1. The predicted octanol–water partition coefficient (Wildman–Crippen LogP) is 2.30. The molecule has 0 amide bonds. The summed E-state index contributed by atoms with van der Waals surface area (Å²) in [6.07, 6.45) is 3.79. The van der Waals surface area contributed by atoms with Gasteiger partial charge in [0, 0.05) is 30.5 Å². The summed E-state index contributed by atoms with van der Waals surface area (Å²) in [7, 11) is 0. The van der Waals surface area contributed by atoms with Crippen LogP contribution in [0.2, 0.25) is 0 Å². The molecule has 0 fully saturated rings. The molecule has 0 unspecified atom stereocenters. The lowest BCUT2D eigenvalue weighted by Gasteiger charge is -2.04. The molecule has 2 rings (SSSR count). The maximum atomic E-state index is 13.6. The molecule has 1 heterocycles. The minimum absolute atomic E-state index is 0.199. The van der Waals surface area contributed by atoms with Crippen molar-refractivity contribution in [2.24, 2.45) is 0 Å². The summed E-state index contributed by atoms with van der Waals surface area (Å²) in [4.78, 5) is 24.3. The largest absolute Gasteiger partial charge is 0.507 e. The van der Waals surface area contributed by atoms with Gasteiger partial charge in [-0.3, -0.25) is 4.79 Å². The topological polar surface area (TPSA) is 90.4 Å². The molecule has 0 saturated heterocycles. The fourth-order valence-corrected chi connectivity index (χ4v) is 1.89. The molecule has 0 aliphatic heterocycles. The van der Waals surface area contributed by atoms with Gasteiger partial charge in [-0.2, -0.15) is 0 Å². The van der Waals surface area contributed by atoms with Crippen LogP contribution in [0.1, 0.15) is 16.7 Å². The number of carbonyl (C=O) groups excluding carboxylic acids is 1. The molecule has 0 aliphatic carbocycles. The Kier molecular flexibility index (Phi) is 4.18. The quantitative estimate of drug-likeness (QED) is 0.447. The Balaban J connectivity index is 2.29. The number of carboxylic acid groups (broad SMARTS) is 1. The van der Waals surface area contributed by atoms with E-state index in [0.29, 0.717) is 17.2 Å². The minimum Gasteiger partial charge on any atom is -0.507 e. The number of rotatable bonds is 5. The number of hydrogen-bond acceptors (Lipinski definition) is 3. The van der Waals surface area contributed by atoms with Gasteiger partial charge < -0.3 is 15.2 Å². The van der Waals surface area contributed by atoms with Crippen LogP contribution in [-0.4, -0.2) is 26.9 Å². The average molecular weight is 289 g/mol. The summed E-state index contributed by atoms with van der Waals surface area (Å²) in [5.74, 6) is -3.75. The van der Waals surface area contributed by atoms with Crippen LogP contribution in [0.5, 0.6) is 0 Å². The van der Waals surface area contributed by atoms with Gasteiger partial charge >= 0.3 is 5.97 Å². The van der Waals surface area contributed by atoms with Crippen LogP contribution in [0.3, 0.4) is 0 Å². The molecule has 0 spiro atoms. The number of aliphatic carboxylic acids is 1. The van der Waals surface area contributed by atoms with Gasteiger partial charge in [0.15, 0.2) is 0 Å². The van der Waals surface area contributed by atoms with Gasteiger partial charge in [-0.05, 0) is 17.2 Å². The Morgan fingerprint density at radius 1 is 1.14 bits per heavy atom. The van der Waals surface area contributed by atoms with Gasteiger partial charge in [0.2, 0.25) is 0 Å². The van der Waals surface area contributed by atoms with E-state index in [2.05, 4.69) is 4.98 Å². The van der Waals surface area contributed by atoms with Crippen molar-refractivity contribution in [2.45, 2.75) is 6.42 Å². The zero-order chi connectivity index (χ0) is 15.4. The van der Waals surface area contributed by atoms with Crippen LogP contribution in [0, 0.1) is 5.82 Å². The number of aromatic amines is 1. The van der Waals surface area contributed by atoms with Gasteiger partial charge in [-0.25, -0.2) is 9.18 Å². The first-order valence-electron chi connectivity index (χ1n) is 6.06. The number of carboxylic acids is 1. The van der Waals surface area contributed by atoms with Crippen molar-refractivity contribution in [1.82, 2.24) is 4.98 Å². The minimum atomic E-state index is -1.66. The molecular formula is C15H12FNO4. The van der Waals surface area contributed by atoms with Gasteiger partial charge in [0.05, 0.1) is 0 Å². The summed E-state index contributed by atoms with van der Waals surface area (Å²) in [6.45, 7) is 0. The van der Waals surface area contributed by atoms with E-state index in [-0.39, 0.29) is 17.8 Å². The number of benzene rings is 1. The Morgan fingerprint density at radius 3 is 2.52 bits per heavy atom. The van der Waals surface area contributed by atoms with Crippen molar-refractivity contribution >= 4 is 17.5 Å². The molecular weight excluding hydrogens is 277 g/mol. The van der Waals surface area contributed by atoms with E-state index in [1.54, 1.807) is 24.4 Å². The van der Waals surface area contributed by atoms with Crippen LogP contribution in [0.15, 0.2) is 42.7 Å². The summed E-state index contributed by atoms with van der Waals surface area (Å²) in [5.41, 5.74) is 1.23. The lowest BCUT2D eigenvalue weighted by molar-refractivity contribution is -0.146. The molecule has 108 valence electrons. The zero-order valence-electron chi connectivity index (χ0n) is 10.8. The van der Waals surface area contributed by atoms with Crippen LogP contribution < -0.4 is 0 Å². The molecule has 1 aromatic carbocycles. The Labute approximate surface area is 119 Å². The molecule has 5 nitrogen and oxygen atoms in total. The van der Waals surface area contributed by atoms with Crippen molar-refractivity contribution in [1.29, 1.82) is 0 Å². The van der Waals surface area contributed by atoms with E-state index in [1.165, 1.54) is 12.3 Å². The highest BCUT2D eigenvalue weighted by Gasteiger charge is 2.14. The number of carbonyl (C=O) groups is 2. The summed E-state index contributed by atoms with van der Waals surface area (Å²) in [6, 6.07) is 6.19. The van der Waals surface area contributed by atoms with E-state index in [0.717, 1.165) is 0 Å². The van der Waals surface area contributed by atoms with Crippen molar-refractivity contribution in [3.63, 3.8) is 0 Å². The predicted molar refractivity (Wildman–Crippen MR) is 73.2 cm³/mol. The zero-order valence-corrected chi connectivity index (χ0v) is 10.8. The Bertz CT molecular complexity index is 718. The highest BCUT2D eigenvalue weighted by molar-refractivity contribution is 6.38. The number of nitrogens with one attached hydrogen (secondary N) is 1. The molecule has 2 aromatic rings. The summed E-state index contributed by atoms with van der Waals surface area (Å²) >= 11 is 0. The normalized spacial score (nSPS) is 11.4. The van der Waals surface area contributed by atoms with E-state index in [4.69, 9.17) is 5.11 Å². The highest BCUT2D eigenvalue weighted by atomic mass is 19.1. The second-order valence-corrected chi connectivity index (χ2v) is 4.36. The average Bonchev–Trinajstić information content (AvgIpc) is 2.89. The SMILES string of the molecule is O=C(O)C(=O)C=C(O)c1c[nH]cc1Cc1ccccc1F. The van der Waals surface area contributed by atoms with Crippen LogP contribution in [0.25, 0.3) is 5.76 Å². The molecule has 0 aliphatic rings. The number of halogens is 1. The lowest BCUT2D eigenvalue weighted by atomic mass is 10.0. The van der Waals surface area contributed by atoms with E-state index in [1.807, 2.05) is 0 Å². The Hall–Kier alpha value is -2.89. The first kappa shape index (κ1) is 14.5. The number of H-pyrrole nitrogens is 1. The number of aliphatic hydroxyl groups is 1. The summed E-state index contributed by atoms with van der Waals surface area (Å²) in [5, 5.41) is 18.3. The number of hydrogen-bond donors (Lipinski definition) is 3. The molecule has 0 atom stereocenters. The van der Waals surface area contributed by atoms with Crippen molar-refractivity contribution in [2.75, 3.05) is 0 Å². The Morgan fingerprint density at radius 2 is 1.86 bits per heavy atom. The van der Waals surface area contributed by atoms with Gasteiger partial charge in [0.1, 0.15) is 11.6 Å². The second kappa shape index (κ2) is 6.04. The maximum absolute atomic E-state index is 13.6. The van der Waals surface area contributed by atoms with Crippen molar-refractivity contribution < 1.29 is 24.2 Å². The van der Waals surface area contributed by atoms with E-state index < -0.39 is 17.5 Å². The summed E-state index contributed by atoms with van der Waals surface area (Å²) < 4.78 is 13.6. The maximum Gasteiger partial charge on any atom is 0.376 e. The third kappa shape index (κ3) is 3.36. The molecule has 1 aromatic heterocycles. The van der Waals surface area contributed by atoms with Gasteiger partial charge in [0.25, 0.3) is 5.78 Å². The van der Waals surface area contributed by atoms with Gasteiger partial charge in [-0.1, -0.05) is 18.2 Å². The third-order valence-electron chi connectivity index (χ3n) is 2.92. The second-order valence-electron chi connectivity index (χ2n) is 4.36. The van der Waals surface area contributed by atoms with Crippen molar-refractivity contribution in [3.05, 3.63) is 65.2 Å². The smallest absolute Gasteiger partial charge is 0.376 e.